The summed E-state index contributed by atoms with van der Waals surface area (Å²) in [5.41, 5.74) is 0. The van der Waals surface area contributed by atoms with E-state index in [0.717, 1.165) is 38.9 Å². The monoisotopic (exact) mass is 201 g/mol. The van der Waals surface area contributed by atoms with E-state index in [1.54, 1.807) is 0 Å². The van der Waals surface area contributed by atoms with E-state index in [2.05, 4.69) is 4.90 Å². The number of aliphatic hydroxyl groups is 1. The van der Waals surface area contributed by atoms with Crippen LogP contribution in [0.5, 0.6) is 0 Å². The van der Waals surface area contributed by atoms with Crippen molar-refractivity contribution in [3.8, 4) is 0 Å². The normalized spacial score (nSPS) is 23.6. The highest BCUT2D eigenvalue weighted by atomic mass is 16.4. The number of piperidine rings is 1. The average molecular weight is 201 g/mol. The number of nitrogens with zero attached hydrogens (tertiary/aromatic N) is 1. The summed E-state index contributed by atoms with van der Waals surface area (Å²) in [7, 11) is 0. The maximum Gasteiger partial charge on any atom is 0.303 e. The Morgan fingerprint density at radius 1 is 1.50 bits per heavy atom. The number of aliphatic carboxylic acids is 1. The standard InChI is InChI=1S/C10H19NO3/c12-6-2-5-11-4-1-3-9(8-11)7-10(13)14/h9,12H,1-8H2,(H,13,14). The smallest absolute Gasteiger partial charge is 0.303 e. The van der Waals surface area contributed by atoms with Crippen LogP contribution in [0.2, 0.25) is 0 Å². The summed E-state index contributed by atoms with van der Waals surface area (Å²) in [5.74, 6) is -0.390. The van der Waals surface area contributed by atoms with Gasteiger partial charge in [-0.25, -0.2) is 0 Å². The molecule has 0 radical (unpaired) electrons. The minimum absolute atomic E-state index is 0.222. The lowest BCUT2D eigenvalue weighted by Gasteiger charge is -2.31. The van der Waals surface area contributed by atoms with Gasteiger partial charge in [0.25, 0.3) is 0 Å². The Balaban J connectivity index is 2.24. The molecule has 2 N–H and O–H groups in total. The number of carboxylic acid groups (broad SMARTS) is 1. The molecule has 0 aromatic carbocycles. The maximum absolute atomic E-state index is 10.5. The number of hydrogen-bond donors (Lipinski definition) is 2. The second-order valence-corrected chi connectivity index (χ2v) is 3.98. The number of carboxylic acids is 1. The molecular formula is C10H19NO3. The molecule has 1 heterocycles. The van der Waals surface area contributed by atoms with Gasteiger partial charge in [0, 0.05) is 26.1 Å². The minimum Gasteiger partial charge on any atom is -0.481 e. The number of hydrogen-bond acceptors (Lipinski definition) is 3. The molecule has 0 spiro atoms. The molecule has 14 heavy (non-hydrogen) atoms. The molecule has 4 heteroatoms. The fraction of sp³-hybridized carbons (Fsp3) is 0.900. The van der Waals surface area contributed by atoms with Gasteiger partial charge in [-0.3, -0.25) is 4.79 Å². The summed E-state index contributed by atoms with van der Waals surface area (Å²) in [6, 6.07) is 0. The molecule has 0 saturated carbocycles. The Hall–Kier alpha value is -0.610. The van der Waals surface area contributed by atoms with Crippen LogP contribution in [0.4, 0.5) is 0 Å². The van der Waals surface area contributed by atoms with E-state index in [1.807, 2.05) is 0 Å². The quantitative estimate of drug-likeness (QED) is 0.682. The van der Waals surface area contributed by atoms with E-state index in [0.29, 0.717) is 5.92 Å². The number of aliphatic hydroxyl groups excluding tert-OH is 1. The van der Waals surface area contributed by atoms with Crippen LogP contribution in [0.1, 0.15) is 25.7 Å². The fourth-order valence-electron chi connectivity index (χ4n) is 2.06. The molecule has 4 nitrogen and oxygen atoms in total. The van der Waals surface area contributed by atoms with Crippen molar-refractivity contribution in [1.29, 1.82) is 0 Å². The summed E-state index contributed by atoms with van der Waals surface area (Å²) in [4.78, 5) is 12.8. The summed E-state index contributed by atoms with van der Waals surface area (Å²) in [6.07, 6.45) is 3.20. The van der Waals surface area contributed by atoms with Gasteiger partial charge < -0.3 is 15.1 Å². The lowest BCUT2D eigenvalue weighted by atomic mass is 9.95. The largest absolute Gasteiger partial charge is 0.481 e. The van der Waals surface area contributed by atoms with E-state index >= 15 is 0 Å². The highest BCUT2D eigenvalue weighted by molar-refractivity contribution is 5.67. The molecule has 1 fully saturated rings. The Labute approximate surface area is 84.5 Å². The van der Waals surface area contributed by atoms with E-state index in [4.69, 9.17) is 10.2 Å². The van der Waals surface area contributed by atoms with E-state index < -0.39 is 5.97 Å². The zero-order valence-corrected chi connectivity index (χ0v) is 8.48. The van der Waals surface area contributed by atoms with Crippen LogP contribution in [-0.4, -0.2) is 47.3 Å². The highest BCUT2D eigenvalue weighted by Gasteiger charge is 2.21. The lowest BCUT2D eigenvalue weighted by Crippen LogP contribution is -2.37. The van der Waals surface area contributed by atoms with Gasteiger partial charge in [0.15, 0.2) is 0 Å². The van der Waals surface area contributed by atoms with Crippen LogP contribution < -0.4 is 0 Å². The molecule has 1 aliphatic heterocycles. The molecule has 0 amide bonds. The van der Waals surface area contributed by atoms with Crippen molar-refractivity contribution in [2.75, 3.05) is 26.2 Å². The first-order valence-corrected chi connectivity index (χ1v) is 5.27. The van der Waals surface area contributed by atoms with Crippen LogP contribution in [0, 0.1) is 5.92 Å². The van der Waals surface area contributed by atoms with Gasteiger partial charge in [-0.15, -0.1) is 0 Å². The molecule has 0 aromatic heterocycles. The SMILES string of the molecule is O=C(O)CC1CCCN(CCCO)C1. The van der Waals surface area contributed by atoms with Crippen molar-refractivity contribution in [2.45, 2.75) is 25.7 Å². The van der Waals surface area contributed by atoms with Gasteiger partial charge in [-0.1, -0.05) is 0 Å². The Bertz CT molecular complexity index is 184. The highest BCUT2D eigenvalue weighted by Crippen LogP contribution is 2.19. The molecule has 0 bridgehead atoms. The second kappa shape index (κ2) is 5.98. The zero-order valence-electron chi connectivity index (χ0n) is 8.48. The van der Waals surface area contributed by atoms with Crippen LogP contribution in [0.3, 0.4) is 0 Å². The first-order chi connectivity index (χ1) is 6.72. The summed E-state index contributed by atoms with van der Waals surface area (Å²) in [6.45, 7) is 3.05. The molecule has 1 aliphatic rings. The fourth-order valence-corrected chi connectivity index (χ4v) is 2.06. The average Bonchev–Trinajstić information content (AvgIpc) is 2.14. The van der Waals surface area contributed by atoms with Gasteiger partial charge in [0.2, 0.25) is 0 Å². The number of likely N-dealkylation sites (tertiary alicyclic amines) is 1. The molecule has 0 aromatic rings. The zero-order chi connectivity index (χ0) is 10.4. The third-order valence-corrected chi connectivity index (χ3v) is 2.70. The Morgan fingerprint density at radius 3 is 2.93 bits per heavy atom. The van der Waals surface area contributed by atoms with Gasteiger partial charge in [-0.2, -0.15) is 0 Å². The third-order valence-electron chi connectivity index (χ3n) is 2.70. The van der Waals surface area contributed by atoms with Gasteiger partial charge in [-0.05, 0) is 31.7 Å². The molecule has 0 aliphatic carbocycles. The number of rotatable bonds is 5. The lowest BCUT2D eigenvalue weighted by molar-refractivity contribution is -0.138. The first kappa shape index (κ1) is 11.5. The van der Waals surface area contributed by atoms with Crippen molar-refractivity contribution in [1.82, 2.24) is 4.90 Å². The Kier molecular flexibility index (Phi) is 4.90. The van der Waals surface area contributed by atoms with Gasteiger partial charge >= 0.3 is 5.97 Å². The number of carbonyl (C=O) groups is 1. The second-order valence-electron chi connectivity index (χ2n) is 3.98. The van der Waals surface area contributed by atoms with E-state index in [9.17, 15) is 4.79 Å². The molecule has 1 saturated heterocycles. The Morgan fingerprint density at radius 2 is 2.29 bits per heavy atom. The van der Waals surface area contributed by atoms with Crippen molar-refractivity contribution in [3.05, 3.63) is 0 Å². The molecule has 82 valence electrons. The van der Waals surface area contributed by atoms with Crippen LogP contribution in [0.25, 0.3) is 0 Å². The summed E-state index contributed by atoms with van der Waals surface area (Å²) < 4.78 is 0. The molecule has 1 rings (SSSR count). The van der Waals surface area contributed by atoms with Crippen LogP contribution in [-0.2, 0) is 4.79 Å². The van der Waals surface area contributed by atoms with Crippen molar-refractivity contribution in [3.63, 3.8) is 0 Å². The summed E-state index contributed by atoms with van der Waals surface area (Å²) >= 11 is 0. The first-order valence-electron chi connectivity index (χ1n) is 5.27. The van der Waals surface area contributed by atoms with Gasteiger partial charge in [0.05, 0.1) is 0 Å². The third kappa shape index (κ3) is 4.07. The van der Waals surface area contributed by atoms with Gasteiger partial charge in [0.1, 0.15) is 0 Å². The molecule has 1 unspecified atom stereocenters. The minimum atomic E-state index is -0.695. The van der Waals surface area contributed by atoms with Crippen LogP contribution in [0.15, 0.2) is 0 Å². The topological polar surface area (TPSA) is 60.8 Å². The van der Waals surface area contributed by atoms with Crippen LogP contribution >= 0.6 is 0 Å². The van der Waals surface area contributed by atoms with Crippen molar-refractivity contribution in [2.24, 2.45) is 5.92 Å². The molecular weight excluding hydrogens is 182 g/mol. The molecule has 1 atom stereocenters. The van der Waals surface area contributed by atoms with Crippen molar-refractivity contribution < 1.29 is 15.0 Å². The predicted molar refractivity (Wildman–Crippen MR) is 53.1 cm³/mol. The van der Waals surface area contributed by atoms with Crippen molar-refractivity contribution >= 4 is 5.97 Å². The van der Waals surface area contributed by atoms with E-state index in [-0.39, 0.29) is 13.0 Å². The maximum atomic E-state index is 10.5. The summed E-state index contributed by atoms with van der Waals surface area (Å²) in [5, 5.41) is 17.4. The van der Waals surface area contributed by atoms with E-state index in [1.165, 1.54) is 0 Å². The predicted octanol–water partition coefficient (Wildman–Crippen LogP) is 0.556.